The van der Waals surface area contributed by atoms with E-state index in [-0.39, 0.29) is 17.1 Å². The molecular weight excluding hydrogens is 336 g/mol. The Labute approximate surface area is 158 Å². The van der Waals surface area contributed by atoms with Gasteiger partial charge in [0.15, 0.2) is 0 Å². The largest absolute Gasteiger partial charge is 0.405 e. The fourth-order valence-electron chi connectivity index (χ4n) is 4.18. The summed E-state index contributed by atoms with van der Waals surface area (Å²) in [7, 11) is -2.47. The highest BCUT2D eigenvalue weighted by Crippen LogP contribution is 2.43. The summed E-state index contributed by atoms with van der Waals surface area (Å²) in [5, 5.41) is 2.62. The predicted octanol–water partition coefficient (Wildman–Crippen LogP) is 4.18. The Morgan fingerprint density at radius 2 is 1.54 bits per heavy atom. The molecule has 3 atom stereocenters. The van der Waals surface area contributed by atoms with Gasteiger partial charge in [0.1, 0.15) is 6.29 Å². The van der Waals surface area contributed by atoms with Crippen LogP contribution >= 0.6 is 0 Å². The topological polar surface area (TPSA) is 26.3 Å². The zero-order valence-corrected chi connectivity index (χ0v) is 17.3. The summed E-state index contributed by atoms with van der Waals surface area (Å²) in [5.41, 5.74) is 0. The van der Waals surface area contributed by atoms with E-state index in [9.17, 15) is 4.79 Å². The first-order chi connectivity index (χ1) is 12.4. The van der Waals surface area contributed by atoms with E-state index < -0.39 is 8.32 Å². The van der Waals surface area contributed by atoms with Crippen molar-refractivity contribution in [2.75, 3.05) is 0 Å². The second-order valence-electron chi connectivity index (χ2n) is 8.62. The van der Waals surface area contributed by atoms with Crippen LogP contribution in [0, 0.1) is 11.8 Å². The van der Waals surface area contributed by atoms with Crippen LogP contribution < -0.4 is 10.4 Å². The first-order valence-electron chi connectivity index (χ1n) is 9.62. The zero-order chi connectivity index (χ0) is 18.8. The SMILES string of the molecule is C[C@H](C[C@H]1C[C@@H]1C=O)O[Si](c1ccccc1)(c1ccccc1)C(C)(C)C. The van der Waals surface area contributed by atoms with Gasteiger partial charge in [-0.3, -0.25) is 0 Å². The molecule has 0 unspecified atom stereocenters. The molecule has 26 heavy (non-hydrogen) atoms. The molecule has 3 heteroatoms. The van der Waals surface area contributed by atoms with Crippen LogP contribution in [0.4, 0.5) is 0 Å². The summed E-state index contributed by atoms with van der Waals surface area (Å²) < 4.78 is 7.04. The second kappa shape index (κ2) is 7.49. The lowest BCUT2D eigenvalue weighted by atomic mass is 10.2. The van der Waals surface area contributed by atoms with Crippen molar-refractivity contribution in [2.45, 2.75) is 51.7 Å². The third kappa shape index (κ3) is 3.69. The van der Waals surface area contributed by atoms with Crippen molar-refractivity contribution >= 4 is 25.0 Å². The van der Waals surface area contributed by atoms with Crippen molar-refractivity contribution in [1.82, 2.24) is 0 Å². The highest BCUT2D eigenvalue weighted by Gasteiger charge is 2.51. The third-order valence-corrected chi connectivity index (χ3v) is 10.7. The lowest BCUT2D eigenvalue weighted by molar-refractivity contribution is -0.109. The summed E-state index contributed by atoms with van der Waals surface area (Å²) in [6.45, 7) is 9.09. The normalized spacial score (nSPS) is 21.2. The molecule has 2 aromatic rings. The minimum Gasteiger partial charge on any atom is -0.405 e. The number of rotatable bonds is 7. The monoisotopic (exact) mass is 366 g/mol. The molecule has 0 aliphatic heterocycles. The van der Waals surface area contributed by atoms with Gasteiger partial charge in [0.05, 0.1) is 0 Å². The molecule has 0 N–H and O–H groups in total. The zero-order valence-electron chi connectivity index (χ0n) is 16.3. The molecule has 1 aliphatic rings. The number of carbonyl (C=O) groups excluding carboxylic acids is 1. The molecule has 2 nitrogen and oxygen atoms in total. The Kier molecular flexibility index (Phi) is 5.49. The van der Waals surface area contributed by atoms with Gasteiger partial charge in [0.25, 0.3) is 8.32 Å². The van der Waals surface area contributed by atoms with Gasteiger partial charge in [0.2, 0.25) is 0 Å². The molecule has 1 fully saturated rings. The maximum Gasteiger partial charge on any atom is 0.261 e. The standard InChI is InChI=1S/C23H30O2Si/c1-18(15-19-16-20(19)17-24)25-26(23(2,3)4,21-11-7-5-8-12-21)22-13-9-6-10-14-22/h5-14,17-20H,15-16H2,1-4H3/t18-,19+,20-/m1/s1. The Balaban J connectivity index is 2.01. The maximum atomic E-state index is 11.0. The minimum atomic E-state index is -2.47. The van der Waals surface area contributed by atoms with Gasteiger partial charge in [0, 0.05) is 12.0 Å². The van der Waals surface area contributed by atoms with Crippen molar-refractivity contribution in [2.24, 2.45) is 11.8 Å². The number of carbonyl (C=O) groups is 1. The first kappa shape index (κ1) is 19.1. The van der Waals surface area contributed by atoms with Gasteiger partial charge < -0.3 is 9.22 Å². The van der Waals surface area contributed by atoms with E-state index in [1.165, 1.54) is 10.4 Å². The molecule has 0 heterocycles. The smallest absolute Gasteiger partial charge is 0.261 e. The quantitative estimate of drug-likeness (QED) is 0.543. The fourth-order valence-corrected chi connectivity index (χ4v) is 8.89. The van der Waals surface area contributed by atoms with Crippen LogP contribution in [0.2, 0.25) is 5.04 Å². The van der Waals surface area contributed by atoms with Crippen LogP contribution in [-0.4, -0.2) is 20.7 Å². The Morgan fingerprint density at radius 3 is 1.92 bits per heavy atom. The second-order valence-corrected chi connectivity index (χ2v) is 12.9. The maximum absolute atomic E-state index is 11.0. The van der Waals surface area contributed by atoms with E-state index in [1.54, 1.807) is 0 Å². The summed E-state index contributed by atoms with van der Waals surface area (Å²) in [5.74, 6) is 0.751. The van der Waals surface area contributed by atoms with Crippen LogP contribution in [0.1, 0.15) is 40.5 Å². The average molecular weight is 367 g/mol. The van der Waals surface area contributed by atoms with Crippen LogP contribution in [-0.2, 0) is 9.22 Å². The van der Waals surface area contributed by atoms with Crippen LogP contribution in [0.25, 0.3) is 0 Å². The molecule has 0 radical (unpaired) electrons. The number of hydrogen-bond acceptors (Lipinski definition) is 2. The summed E-state index contributed by atoms with van der Waals surface area (Å²) >= 11 is 0. The van der Waals surface area contributed by atoms with Crippen LogP contribution in [0.5, 0.6) is 0 Å². The van der Waals surface area contributed by atoms with Crippen molar-refractivity contribution < 1.29 is 9.22 Å². The predicted molar refractivity (Wildman–Crippen MR) is 110 cm³/mol. The lowest BCUT2D eigenvalue weighted by Crippen LogP contribution is -2.67. The Morgan fingerprint density at radius 1 is 1.04 bits per heavy atom. The van der Waals surface area contributed by atoms with E-state index in [1.807, 2.05) is 0 Å². The van der Waals surface area contributed by atoms with Gasteiger partial charge in [-0.05, 0) is 41.1 Å². The van der Waals surface area contributed by atoms with E-state index in [0.717, 1.165) is 19.1 Å². The van der Waals surface area contributed by atoms with Crippen LogP contribution in [0.3, 0.4) is 0 Å². The summed E-state index contributed by atoms with van der Waals surface area (Å²) in [6.07, 6.45) is 3.24. The number of aldehydes is 1. The van der Waals surface area contributed by atoms with Crippen molar-refractivity contribution in [3.63, 3.8) is 0 Å². The average Bonchev–Trinajstić information content (AvgIpc) is 3.38. The van der Waals surface area contributed by atoms with Gasteiger partial charge in [-0.1, -0.05) is 81.4 Å². The van der Waals surface area contributed by atoms with Gasteiger partial charge in [-0.25, -0.2) is 0 Å². The molecule has 1 aliphatic carbocycles. The molecule has 1 saturated carbocycles. The minimum absolute atomic E-state index is 0.00240. The molecule has 2 aromatic carbocycles. The molecule has 0 amide bonds. The first-order valence-corrected chi connectivity index (χ1v) is 11.5. The van der Waals surface area contributed by atoms with Gasteiger partial charge >= 0.3 is 0 Å². The van der Waals surface area contributed by atoms with E-state index in [4.69, 9.17) is 4.43 Å². The molecule has 0 spiro atoms. The van der Waals surface area contributed by atoms with Gasteiger partial charge in [-0.2, -0.15) is 0 Å². The van der Waals surface area contributed by atoms with E-state index in [0.29, 0.717) is 5.92 Å². The molecular formula is C23H30O2Si. The highest BCUT2D eigenvalue weighted by atomic mass is 28.4. The molecule has 3 rings (SSSR count). The Bertz CT molecular complexity index is 681. The number of hydrogen-bond donors (Lipinski definition) is 0. The van der Waals surface area contributed by atoms with E-state index >= 15 is 0 Å². The van der Waals surface area contributed by atoms with Crippen molar-refractivity contribution in [1.29, 1.82) is 0 Å². The molecule has 0 saturated heterocycles. The van der Waals surface area contributed by atoms with Gasteiger partial charge in [-0.15, -0.1) is 0 Å². The highest BCUT2D eigenvalue weighted by molar-refractivity contribution is 6.99. The Hall–Kier alpha value is -1.71. The third-order valence-electron chi connectivity index (χ3n) is 5.58. The van der Waals surface area contributed by atoms with Crippen molar-refractivity contribution in [3.8, 4) is 0 Å². The van der Waals surface area contributed by atoms with E-state index in [2.05, 4.69) is 88.4 Å². The fraction of sp³-hybridized carbons (Fsp3) is 0.435. The summed E-state index contributed by atoms with van der Waals surface area (Å²) in [4.78, 5) is 11.0. The molecule has 138 valence electrons. The number of benzene rings is 2. The van der Waals surface area contributed by atoms with Crippen LogP contribution in [0.15, 0.2) is 60.7 Å². The lowest BCUT2D eigenvalue weighted by Gasteiger charge is -2.44. The van der Waals surface area contributed by atoms with Crippen molar-refractivity contribution in [3.05, 3.63) is 60.7 Å². The summed E-state index contributed by atoms with van der Waals surface area (Å²) in [6, 6.07) is 21.5. The molecule has 0 aromatic heterocycles. The molecule has 0 bridgehead atoms.